The molecule has 42 heavy (non-hydrogen) atoms. The fourth-order valence-corrected chi connectivity index (χ4v) is 5.43. The maximum Gasteiger partial charge on any atom is 0.408 e. The maximum absolute atomic E-state index is 12.9. The third kappa shape index (κ3) is 15.0. The summed E-state index contributed by atoms with van der Waals surface area (Å²) in [7, 11) is 2.43. The van der Waals surface area contributed by atoms with Crippen molar-refractivity contribution in [2.75, 3.05) is 11.5 Å². The zero-order chi connectivity index (χ0) is 31.2. The molecule has 2 aromatic rings. The van der Waals surface area contributed by atoms with E-state index in [2.05, 4.69) is 10.6 Å². The summed E-state index contributed by atoms with van der Waals surface area (Å²) >= 11 is 0. The van der Waals surface area contributed by atoms with Gasteiger partial charge in [-0.3, -0.25) is 0 Å². The third-order valence-electron chi connectivity index (χ3n) is 4.95. The van der Waals surface area contributed by atoms with Crippen LogP contribution in [-0.4, -0.2) is 58.9 Å². The first-order chi connectivity index (χ1) is 19.7. The minimum absolute atomic E-state index is 0.0408. The van der Waals surface area contributed by atoms with Crippen LogP contribution >= 0.6 is 21.6 Å². The Morgan fingerprint density at radius 3 is 1.26 bits per heavy atom. The van der Waals surface area contributed by atoms with Crippen molar-refractivity contribution in [3.63, 3.8) is 0 Å². The van der Waals surface area contributed by atoms with Crippen LogP contribution < -0.4 is 10.6 Å². The highest BCUT2D eigenvalue weighted by atomic mass is 33.1. The molecule has 0 aliphatic rings. The van der Waals surface area contributed by atoms with E-state index in [0.717, 1.165) is 11.1 Å². The molecule has 230 valence electrons. The van der Waals surface area contributed by atoms with Crippen LogP contribution in [0.5, 0.6) is 0 Å². The fraction of sp³-hybridized carbons (Fsp3) is 0.467. The Morgan fingerprint density at radius 1 is 0.619 bits per heavy atom. The molecule has 2 rings (SSSR count). The number of alkyl carbamates (subject to hydrolysis) is 2. The van der Waals surface area contributed by atoms with E-state index in [9.17, 15) is 19.2 Å². The van der Waals surface area contributed by atoms with Crippen LogP contribution in [0.2, 0.25) is 0 Å². The standard InChI is InChI=1S/C30H40N2O8S2/c1-29(2,3)39-27(35)31-23(25(33)37-17-21-13-9-7-10-14-21)19-41-42-20-24(32-28(36)40-30(4,5)6)26(34)38-18-22-15-11-8-12-16-22/h7-16,23-24H,17-20H2,1-6H3,(H,31,35)(H,32,36)/t23-,24-/m0/s1. The second-order valence-corrected chi connectivity index (χ2v) is 13.7. The third-order valence-corrected chi connectivity index (χ3v) is 7.37. The van der Waals surface area contributed by atoms with E-state index in [-0.39, 0.29) is 24.7 Å². The molecule has 2 atom stereocenters. The lowest BCUT2D eigenvalue weighted by Crippen LogP contribution is -2.46. The van der Waals surface area contributed by atoms with Crippen LogP contribution in [0.1, 0.15) is 52.7 Å². The largest absolute Gasteiger partial charge is 0.459 e. The summed E-state index contributed by atoms with van der Waals surface area (Å²) in [6.45, 7) is 10.4. The van der Waals surface area contributed by atoms with Gasteiger partial charge in [0.15, 0.2) is 0 Å². The number of esters is 2. The van der Waals surface area contributed by atoms with Crippen LogP contribution in [-0.2, 0) is 41.8 Å². The first kappa shape index (κ1) is 34.8. The van der Waals surface area contributed by atoms with E-state index in [0.29, 0.717) is 0 Å². The lowest BCUT2D eigenvalue weighted by atomic mass is 10.2. The summed E-state index contributed by atoms with van der Waals surface area (Å²) in [6, 6.07) is 16.3. The molecule has 0 aliphatic carbocycles. The van der Waals surface area contributed by atoms with Gasteiger partial charge in [-0.1, -0.05) is 82.3 Å². The van der Waals surface area contributed by atoms with Gasteiger partial charge >= 0.3 is 24.1 Å². The number of hydrogen-bond donors (Lipinski definition) is 2. The number of hydrogen-bond acceptors (Lipinski definition) is 10. The molecule has 0 fully saturated rings. The summed E-state index contributed by atoms with van der Waals surface area (Å²) in [5.41, 5.74) is 0.0824. The van der Waals surface area contributed by atoms with Crippen molar-refractivity contribution in [2.45, 2.75) is 78.0 Å². The van der Waals surface area contributed by atoms with Crippen LogP contribution in [0.4, 0.5) is 9.59 Å². The summed E-state index contributed by atoms with van der Waals surface area (Å²) in [4.78, 5) is 50.6. The van der Waals surface area contributed by atoms with E-state index in [1.165, 1.54) is 21.6 Å². The van der Waals surface area contributed by atoms with Gasteiger partial charge < -0.3 is 29.6 Å². The summed E-state index contributed by atoms with van der Waals surface area (Å²) in [6.07, 6.45) is -1.52. The molecule has 0 aromatic heterocycles. The molecule has 0 saturated heterocycles. The zero-order valence-corrected chi connectivity index (χ0v) is 26.5. The molecule has 2 aromatic carbocycles. The van der Waals surface area contributed by atoms with Gasteiger partial charge in [0.25, 0.3) is 0 Å². The Morgan fingerprint density at radius 2 is 0.952 bits per heavy atom. The van der Waals surface area contributed by atoms with Crippen LogP contribution in [0.15, 0.2) is 60.7 Å². The Hall–Kier alpha value is -3.38. The number of rotatable bonds is 13. The van der Waals surface area contributed by atoms with E-state index in [1.54, 1.807) is 41.5 Å². The average molecular weight is 621 g/mol. The quantitative estimate of drug-likeness (QED) is 0.126. The predicted octanol–water partition coefficient (Wildman–Crippen LogP) is 5.64. The van der Waals surface area contributed by atoms with Gasteiger partial charge in [-0.2, -0.15) is 0 Å². The minimum atomic E-state index is -1.02. The van der Waals surface area contributed by atoms with Crippen molar-refractivity contribution in [1.29, 1.82) is 0 Å². The monoisotopic (exact) mass is 620 g/mol. The van der Waals surface area contributed by atoms with Crippen molar-refractivity contribution >= 4 is 45.7 Å². The topological polar surface area (TPSA) is 129 Å². The zero-order valence-electron chi connectivity index (χ0n) is 24.8. The Bertz CT molecular complexity index is 1060. The number of ether oxygens (including phenoxy) is 4. The van der Waals surface area contributed by atoms with E-state index in [1.807, 2.05) is 60.7 Å². The summed E-state index contributed by atoms with van der Waals surface area (Å²) < 4.78 is 21.5. The lowest BCUT2D eigenvalue weighted by molar-refractivity contribution is -0.147. The number of amides is 2. The molecular weight excluding hydrogens is 580 g/mol. The predicted molar refractivity (Wildman–Crippen MR) is 164 cm³/mol. The highest BCUT2D eigenvalue weighted by Crippen LogP contribution is 2.24. The highest BCUT2D eigenvalue weighted by Gasteiger charge is 2.28. The second-order valence-electron chi connectivity index (χ2n) is 11.2. The average Bonchev–Trinajstić information content (AvgIpc) is 2.90. The molecule has 10 nitrogen and oxygen atoms in total. The van der Waals surface area contributed by atoms with Gasteiger partial charge in [0, 0.05) is 11.5 Å². The van der Waals surface area contributed by atoms with Crippen LogP contribution in [0, 0.1) is 0 Å². The molecule has 0 spiro atoms. The van der Waals surface area contributed by atoms with Gasteiger partial charge in [-0.25, -0.2) is 19.2 Å². The van der Waals surface area contributed by atoms with Crippen molar-refractivity contribution in [3.05, 3.63) is 71.8 Å². The van der Waals surface area contributed by atoms with Gasteiger partial charge in [-0.15, -0.1) is 0 Å². The number of benzene rings is 2. The molecule has 0 unspecified atom stereocenters. The smallest absolute Gasteiger partial charge is 0.408 e. The van der Waals surface area contributed by atoms with Crippen LogP contribution in [0.3, 0.4) is 0 Å². The summed E-state index contributed by atoms with van der Waals surface area (Å²) in [5, 5.41) is 5.13. The molecular formula is C30H40N2O8S2. The van der Waals surface area contributed by atoms with E-state index < -0.39 is 47.4 Å². The van der Waals surface area contributed by atoms with Crippen molar-refractivity contribution < 1.29 is 38.1 Å². The molecule has 2 N–H and O–H groups in total. The van der Waals surface area contributed by atoms with Gasteiger partial charge in [0.2, 0.25) is 0 Å². The second kappa shape index (κ2) is 16.9. The van der Waals surface area contributed by atoms with E-state index in [4.69, 9.17) is 18.9 Å². The lowest BCUT2D eigenvalue weighted by Gasteiger charge is -2.23. The van der Waals surface area contributed by atoms with Gasteiger partial charge in [-0.05, 0) is 52.7 Å². The van der Waals surface area contributed by atoms with Crippen molar-refractivity contribution in [3.8, 4) is 0 Å². The SMILES string of the molecule is CC(C)(C)OC(=O)N[C@@H](CSSC[C@H](NC(=O)OC(C)(C)C)C(=O)OCc1ccccc1)C(=O)OCc1ccccc1. The first-order valence-corrected chi connectivity index (χ1v) is 15.9. The van der Waals surface area contributed by atoms with E-state index >= 15 is 0 Å². The van der Waals surface area contributed by atoms with Gasteiger partial charge in [0.1, 0.15) is 36.5 Å². The Labute approximate surface area is 255 Å². The number of nitrogens with one attached hydrogen (secondary N) is 2. The highest BCUT2D eigenvalue weighted by molar-refractivity contribution is 8.76. The number of carbonyl (C=O) groups excluding carboxylic acids is 4. The molecule has 0 aliphatic heterocycles. The van der Waals surface area contributed by atoms with Crippen molar-refractivity contribution in [1.82, 2.24) is 10.6 Å². The summed E-state index contributed by atoms with van der Waals surface area (Å²) in [5.74, 6) is -1.06. The Kier molecular flexibility index (Phi) is 14.0. The molecule has 0 saturated carbocycles. The normalized spacial score (nSPS) is 12.8. The fourth-order valence-electron chi connectivity index (χ4n) is 3.13. The van der Waals surface area contributed by atoms with Crippen LogP contribution in [0.25, 0.3) is 0 Å². The molecule has 0 radical (unpaired) electrons. The van der Waals surface area contributed by atoms with Gasteiger partial charge in [0.05, 0.1) is 0 Å². The Balaban J connectivity index is 2.01. The molecule has 12 heteroatoms. The molecule has 0 bridgehead atoms. The molecule has 2 amide bonds. The van der Waals surface area contributed by atoms with Crippen molar-refractivity contribution in [2.24, 2.45) is 0 Å². The number of carbonyl (C=O) groups is 4. The first-order valence-electron chi connectivity index (χ1n) is 13.4. The molecule has 0 heterocycles. The maximum atomic E-state index is 12.9. The minimum Gasteiger partial charge on any atom is -0.459 e.